The van der Waals surface area contributed by atoms with E-state index in [0.29, 0.717) is 6.61 Å². The van der Waals surface area contributed by atoms with Crippen LogP contribution in [0.2, 0.25) is 0 Å². The van der Waals surface area contributed by atoms with Gasteiger partial charge in [0, 0.05) is 6.16 Å². The fourth-order valence-corrected chi connectivity index (χ4v) is 1.41. The Kier molecular flexibility index (Phi) is 2.18. The Morgan fingerprint density at radius 2 is 2.08 bits per heavy atom. The van der Waals surface area contributed by atoms with Crippen LogP contribution in [0.25, 0.3) is 0 Å². The first-order chi connectivity index (χ1) is 5.90. The van der Waals surface area contributed by atoms with Crippen molar-refractivity contribution in [2.24, 2.45) is 0 Å². The smallest absolute Gasteiger partial charge is 0.161 e. The van der Waals surface area contributed by atoms with Gasteiger partial charge in [0.05, 0.1) is 0 Å². The molecule has 12 heavy (non-hydrogen) atoms. The van der Waals surface area contributed by atoms with E-state index in [1.54, 1.807) is 0 Å². The van der Waals surface area contributed by atoms with Crippen LogP contribution in [0.1, 0.15) is 0 Å². The van der Waals surface area contributed by atoms with Gasteiger partial charge in [-0.3, -0.25) is 0 Å². The molecule has 0 N–H and O–H groups in total. The van der Waals surface area contributed by atoms with Crippen LogP contribution < -0.4 is 9.47 Å². The predicted molar refractivity (Wildman–Crippen MR) is 50.9 cm³/mol. The van der Waals surface area contributed by atoms with E-state index in [-0.39, 0.29) is 6.10 Å². The second kappa shape index (κ2) is 3.32. The Hall–Kier alpha value is -0.750. The second-order valence-corrected chi connectivity index (χ2v) is 3.20. The van der Waals surface area contributed by atoms with Crippen LogP contribution >= 0.6 is 9.24 Å². The summed E-state index contributed by atoms with van der Waals surface area (Å²) in [6, 6.07) is 7.76. The molecule has 0 aliphatic carbocycles. The van der Waals surface area contributed by atoms with Crippen LogP contribution in [-0.2, 0) is 0 Å². The fourth-order valence-electron chi connectivity index (χ4n) is 1.18. The van der Waals surface area contributed by atoms with Crippen LogP contribution in [0.3, 0.4) is 0 Å². The first-order valence-electron chi connectivity index (χ1n) is 3.98. The maximum atomic E-state index is 5.64. The summed E-state index contributed by atoms with van der Waals surface area (Å²) < 4.78 is 11.1. The molecule has 2 nitrogen and oxygen atoms in total. The minimum absolute atomic E-state index is 0.185. The van der Waals surface area contributed by atoms with Gasteiger partial charge < -0.3 is 9.47 Å². The van der Waals surface area contributed by atoms with E-state index in [1.807, 2.05) is 24.3 Å². The molecule has 0 saturated heterocycles. The molecule has 1 aliphatic heterocycles. The predicted octanol–water partition coefficient (Wildman–Crippen LogP) is 1.70. The Labute approximate surface area is 74.1 Å². The second-order valence-electron chi connectivity index (χ2n) is 2.73. The summed E-state index contributed by atoms with van der Waals surface area (Å²) in [5, 5.41) is 0. The summed E-state index contributed by atoms with van der Waals surface area (Å²) in [6.07, 6.45) is 1.10. The summed E-state index contributed by atoms with van der Waals surface area (Å²) in [7, 11) is 2.66. The Morgan fingerprint density at radius 1 is 1.33 bits per heavy atom. The molecular formula is C9H11O2P. The maximum absolute atomic E-state index is 5.64. The summed E-state index contributed by atoms with van der Waals surface area (Å²) in [6.45, 7) is 0.653. The molecule has 3 heteroatoms. The van der Waals surface area contributed by atoms with Gasteiger partial charge in [0.15, 0.2) is 11.5 Å². The molecule has 1 aromatic carbocycles. The highest BCUT2D eigenvalue weighted by Gasteiger charge is 2.18. The number of ether oxygens (including phenoxy) is 2. The molecule has 2 rings (SSSR count). The number of para-hydroxylation sites is 2. The lowest BCUT2D eigenvalue weighted by molar-refractivity contribution is 0.107. The highest BCUT2D eigenvalue weighted by molar-refractivity contribution is 7.16. The van der Waals surface area contributed by atoms with Crippen molar-refractivity contribution in [3.63, 3.8) is 0 Å². The van der Waals surface area contributed by atoms with Gasteiger partial charge in [0.1, 0.15) is 12.7 Å². The van der Waals surface area contributed by atoms with Crippen molar-refractivity contribution in [2.75, 3.05) is 12.8 Å². The van der Waals surface area contributed by atoms with Crippen molar-refractivity contribution in [3.8, 4) is 11.5 Å². The van der Waals surface area contributed by atoms with Gasteiger partial charge in [-0.1, -0.05) is 12.1 Å². The van der Waals surface area contributed by atoms with Gasteiger partial charge in [0.25, 0.3) is 0 Å². The van der Waals surface area contributed by atoms with Crippen molar-refractivity contribution in [1.29, 1.82) is 0 Å². The number of benzene rings is 1. The molecule has 0 radical (unpaired) electrons. The molecule has 2 unspecified atom stereocenters. The standard InChI is InChI=1S/C9H11O2P/c12-6-7-5-10-8-3-1-2-4-9(8)11-7/h1-4,7H,5-6,12H2. The number of rotatable bonds is 1. The lowest BCUT2D eigenvalue weighted by Crippen LogP contribution is -2.30. The lowest BCUT2D eigenvalue weighted by Gasteiger charge is -2.25. The van der Waals surface area contributed by atoms with E-state index in [2.05, 4.69) is 9.24 Å². The topological polar surface area (TPSA) is 18.5 Å². The molecule has 1 aliphatic rings. The van der Waals surface area contributed by atoms with Crippen LogP contribution in [-0.4, -0.2) is 18.9 Å². The molecule has 0 bridgehead atoms. The summed E-state index contributed by atoms with van der Waals surface area (Å²) in [5.41, 5.74) is 0. The van der Waals surface area contributed by atoms with E-state index in [1.165, 1.54) is 0 Å². The van der Waals surface area contributed by atoms with Gasteiger partial charge in [-0.15, -0.1) is 9.24 Å². The summed E-state index contributed by atoms with van der Waals surface area (Å²) >= 11 is 0. The van der Waals surface area contributed by atoms with Crippen LogP contribution in [0.4, 0.5) is 0 Å². The highest BCUT2D eigenvalue weighted by atomic mass is 31.0. The van der Waals surface area contributed by atoms with Crippen LogP contribution in [0, 0.1) is 0 Å². The van der Waals surface area contributed by atoms with E-state index < -0.39 is 0 Å². The molecule has 0 amide bonds. The molecular weight excluding hydrogens is 171 g/mol. The largest absolute Gasteiger partial charge is 0.486 e. The van der Waals surface area contributed by atoms with Gasteiger partial charge in [0.2, 0.25) is 0 Å². The zero-order valence-corrected chi connectivity index (χ0v) is 7.85. The maximum Gasteiger partial charge on any atom is 0.161 e. The van der Waals surface area contributed by atoms with E-state index in [9.17, 15) is 0 Å². The molecule has 2 atom stereocenters. The number of fused-ring (bicyclic) bond motifs is 1. The van der Waals surface area contributed by atoms with Crippen molar-refractivity contribution in [1.82, 2.24) is 0 Å². The molecule has 0 spiro atoms. The average Bonchev–Trinajstić information content (AvgIpc) is 2.17. The monoisotopic (exact) mass is 182 g/mol. The van der Waals surface area contributed by atoms with Crippen molar-refractivity contribution >= 4 is 9.24 Å². The Bertz CT molecular complexity index is 275. The van der Waals surface area contributed by atoms with E-state index in [4.69, 9.17) is 9.47 Å². The molecule has 1 aromatic rings. The third-order valence-electron chi connectivity index (χ3n) is 1.83. The molecule has 0 fully saturated rings. The van der Waals surface area contributed by atoms with Gasteiger partial charge in [-0.05, 0) is 12.1 Å². The Morgan fingerprint density at radius 3 is 2.83 bits per heavy atom. The van der Waals surface area contributed by atoms with Crippen molar-refractivity contribution in [2.45, 2.75) is 6.10 Å². The quantitative estimate of drug-likeness (QED) is 0.615. The normalized spacial score (nSPS) is 20.6. The first kappa shape index (κ1) is 7.88. The summed E-state index contributed by atoms with van der Waals surface area (Å²) in [4.78, 5) is 0. The number of hydrogen-bond donors (Lipinski definition) is 0. The van der Waals surface area contributed by atoms with Gasteiger partial charge >= 0.3 is 0 Å². The third-order valence-corrected chi connectivity index (χ3v) is 2.36. The molecule has 64 valence electrons. The van der Waals surface area contributed by atoms with E-state index >= 15 is 0 Å². The van der Waals surface area contributed by atoms with Gasteiger partial charge in [-0.2, -0.15) is 0 Å². The fraction of sp³-hybridized carbons (Fsp3) is 0.333. The minimum Gasteiger partial charge on any atom is -0.486 e. The van der Waals surface area contributed by atoms with Crippen LogP contribution in [0.5, 0.6) is 11.5 Å². The molecule has 0 aromatic heterocycles. The zero-order valence-electron chi connectivity index (χ0n) is 6.69. The van der Waals surface area contributed by atoms with Gasteiger partial charge in [-0.25, -0.2) is 0 Å². The minimum atomic E-state index is 0.185. The lowest BCUT2D eigenvalue weighted by atomic mass is 10.3. The number of hydrogen-bond acceptors (Lipinski definition) is 2. The van der Waals surface area contributed by atoms with Crippen molar-refractivity contribution in [3.05, 3.63) is 24.3 Å². The van der Waals surface area contributed by atoms with Crippen LogP contribution in [0.15, 0.2) is 24.3 Å². The first-order valence-corrected chi connectivity index (χ1v) is 4.80. The zero-order chi connectivity index (χ0) is 8.39. The van der Waals surface area contributed by atoms with E-state index in [0.717, 1.165) is 17.7 Å². The van der Waals surface area contributed by atoms with Crippen molar-refractivity contribution < 1.29 is 9.47 Å². The molecule has 1 heterocycles. The average molecular weight is 182 g/mol. The molecule has 0 saturated carbocycles. The third kappa shape index (κ3) is 1.39. The SMILES string of the molecule is PCC1COc2ccccc2O1. The Balaban J connectivity index is 2.23. The highest BCUT2D eigenvalue weighted by Crippen LogP contribution is 2.30. The summed E-state index contributed by atoms with van der Waals surface area (Å²) in [5.74, 6) is 1.71.